The topological polar surface area (TPSA) is 77.6 Å². The lowest BCUT2D eigenvalue weighted by Gasteiger charge is -2.24. The highest BCUT2D eigenvalue weighted by atomic mass is 19.4. The summed E-state index contributed by atoms with van der Waals surface area (Å²) in [5, 5.41) is 12.1. The number of halogens is 3. The molecular weight excluding hydrogens is 457 g/mol. The number of hydrogen-bond acceptors (Lipinski definition) is 4. The predicted octanol–water partition coefficient (Wildman–Crippen LogP) is 4.34. The fourth-order valence-corrected chi connectivity index (χ4v) is 4.98. The molecule has 5 rings (SSSR count). The number of aromatic nitrogens is 5. The maximum atomic E-state index is 13.1. The van der Waals surface area contributed by atoms with Gasteiger partial charge in [0.05, 0.1) is 22.9 Å². The normalized spacial score (nSPS) is 19.8. The lowest BCUT2D eigenvalue weighted by atomic mass is 9.95. The number of nitrogens with zero attached hydrogens (tertiary/aromatic N) is 5. The van der Waals surface area contributed by atoms with Gasteiger partial charge in [0.1, 0.15) is 5.82 Å². The van der Waals surface area contributed by atoms with Crippen molar-refractivity contribution in [2.24, 2.45) is 11.8 Å². The molecule has 2 aliphatic heterocycles. The van der Waals surface area contributed by atoms with Gasteiger partial charge < -0.3 is 5.32 Å². The van der Waals surface area contributed by atoms with Crippen molar-refractivity contribution in [2.75, 3.05) is 0 Å². The molecule has 1 N–H and O–H groups in total. The van der Waals surface area contributed by atoms with Gasteiger partial charge in [-0.1, -0.05) is 38.1 Å². The predicted molar refractivity (Wildman–Crippen MR) is 124 cm³/mol. The van der Waals surface area contributed by atoms with E-state index in [1.807, 2.05) is 35.9 Å². The summed E-state index contributed by atoms with van der Waals surface area (Å²) in [5.74, 6) is -0.147. The Labute approximate surface area is 201 Å². The van der Waals surface area contributed by atoms with Crippen molar-refractivity contribution < 1.29 is 18.0 Å². The Balaban J connectivity index is 1.26. The van der Waals surface area contributed by atoms with Crippen LogP contribution in [0.5, 0.6) is 0 Å². The molecular formula is C25H29F3N6O. The van der Waals surface area contributed by atoms with Gasteiger partial charge in [-0.05, 0) is 37.2 Å². The summed E-state index contributed by atoms with van der Waals surface area (Å²) in [6.45, 7) is 5.64. The summed E-state index contributed by atoms with van der Waals surface area (Å²) in [6, 6.07) is 7.44. The first-order chi connectivity index (χ1) is 16.7. The monoisotopic (exact) mass is 486 g/mol. The van der Waals surface area contributed by atoms with E-state index in [4.69, 9.17) is 0 Å². The number of benzene rings is 1. The molecule has 3 aromatic rings. The molecule has 10 heteroatoms. The van der Waals surface area contributed by atoms with Crippen LogP contribution in [0, 0.1) is 11.8 Å². The van der Waals surface area contributed by atoms with Crippen LogP contribution in [-0.2, 0) is 38.9 Å². The Hall–Kier alpha value is -3.17. The second-order valence-corrected chi connectivity index (χ2v) is 9.63. The highest BCUT2D eigenvalue weighted by Gasteiger charge is 2.42. The average Bonchev–Trinajstić information content (AvgIpc) is 3.42. The van der Waals surface area contributed by atoms with Crippen LogP contribution in [0.1, 0.15) is 59.8 Å². The Morgan fingerprint density at radius 2 is 1.83 bits per heavy atom. The Bertz CT molecular complexity index is 1230. The molecule has 0 fully saturated rings. The summed E-state index contributed by atoms with van der Waals surface area (Å²) in [7, 11) is 0. The van der Waals surface area contributed by atoms with Crippen molar-refractivity contribution in [3.8, 4) is 11.4 Å². The van der Waals surface area contributed by atoms with Gasteiger partial charge in [0.2, 0.25) is 0 Å². The number of fused-ring (bicyclic) bond motifs is 2. The highest BCUT2D eigenvalue weighted by Crippen LogP contribution is 2.35. The number of alkyl halides is 3. The zero-order valence-corrected chi connectivity index (χ0v) is 19.9. The lowest BCUT2D eigenvalue weighted by Crippen LogP contribution is -2.31. The number of aryl methyl sites for hydroxylation is 3. The van der Waals surface area contributed by atoms with Gasteiger partial charge in [0, 0.05) is 31.6 Å². The average molecular weight is 487 g/mol. The van der Waals surface area contributed by atoms with Crippen LogP contribution in [-0.4, -0.2) is 36.6 Å². The summed E-state index contributed by atoms with van der Waals surface area (Å²) >= 11 is 0. The molecule has 186 valence electrons. The van der Waals surface area contributed by atoms with E-state index in [9.17, 15) is 18.0 Å². The molecule has 2 atom stereocenters. The van der Waals surface area contributed by atoms with Gasteiger partial charge in [0.25, 0.3) is 5.91 Å². The molecule has 0 unspecified atom stereocenters. The van der Waals surface area contributed by atoms with Gasteiger partial charge in [0.15, 0.2) is 5.82 Å². The number of rotatable bonds is 5. The first-order valence-electron chi connectivity index (χ1n) is 12.2. The number of hydrogen-bond donors (Lipinski definition) is 1. The number of nitrogens with one attached hydrogen (secondary N) is 1. The molecule has 7 nitrogen and oxygen atoms in total. The Morgan fingerprint density at radius 3 is 2.54 bits per heavy atom. The maximum Gasteiger partial charge on any atom is 0.392 e. The standard InChI is InChI=1S/C25H29F3N6O/c1-3-19-22(20-12-15(2)8-10-33(20)31-19)24(35)29-14-16-4-6-17(7-5-16)23-30-21-13-18(25(26,27)28)9-11-34(21)32-23/h4-7,15,18H,3,8-14H2,1-2H3,(H,29,35)/t15-,18-/m1/s1. The first-order valence-corrected chi connectivity index (χ1v) is 12.2. The third-order valence-electron chi connectivity index (χ3n) is 7.06. The second kappa shape index (κ2) is 9.13. The SMILES string of the molecule is CCc1nn2c(c1C(=O)NCc1ccc(-c3nc4n(n3)CC[C@@H](C(F)(F)F)C4)cc1)C[C@H](C)CC2. The minimum Gasteiger partial charge on any atom is -0.348 e. The van der Waals surface area contributed by atoms with Crippen LogP contribution < -0.4 is 5.32 Å². The zero-order valence-electron chi connectivity index (χ0n) is 19.9. The first kappa shape index (κ1) is 23.6. The van der Waals surface area contributed by atoms with Gasteiger partial charge in [-0.15, -0.1) is 0 Å². The van der Waals surface area contributed by atoms with Gasteiger partial charge in [-0.3, -0.25) is 9.48 Å². The number of amides is 1. The van der Waals surface area contributed by atoms with Crippen molar-refractivity contribution in [1.29, 1.82) is 0 Å². The van der Waals surface area contributed by atoms with Crippen molar-refractivity contribution in [3.05, 3.63) is 52.6 Å². The van der Waals surface area contributed by atoms with E-state index >= 15 is 0 Å². The molecule has 0 spiro atoms. The summed E-state index contributed by atoms with van der Waals surface area (Å²) < 4.78 is 42.8. The maximum absolute atomic E-state index is 13.1. The van der Waals surface area contributed by atoms with Crippen molar-refractivity contribution in [3.63, 3.8) is 0 Å². The molecule has 1 aromatic carbocycles. The van der Waals surface area contributed by atoms with Crippen molar-refractivity contribution in [1.82, 2.24) is 29.9 Å². The van der Waals surface area contributed by atoms with Crippen LogP contribution in [0.4, 0.5) is 13.2 Å². The zero-order chi connectivity index (χ0) is 24.7. The summed E-state index contributed by atoms with van der Waals surface area (Å²) in [6.07, 6.45) is -1.69. The molecule has 1 amide bonds. The minimum absolute atomic E-state index is 0.0250. The molecule has 2 aliphatic rings. The lowest BCUT2D eigenvalue weighted by molar-refractivity contribution is -0.179. The van der Waals surface area contributed by atoms with Crippen LogP contribution in [0.3, 0.4) is 0 Å². The van der Waals surface area contributed by atoms with Crippen molar-refractivity contribution >= 4 is 5.91 Å². The fourth-order valence-electron chi connectivity index (χ4n) is 4.98. The van der Waals surface area contributed by atoms with Crippen LogP contribution >= 0.6 is 0 Å². The molecule has 2 aromatic heterocycles. The second-order valence-electron chi connectivity index (χ2n) is 9.63. The Kier molecular flexibility index (Phi) is 6.14. The molecule has 35 heavy (non-hydrogen) atoms. The third kappa shape index (κ3) is 4.70. The fraction of sp³-hybridized carbons (Fsp3) is 0.520. The molecule has 0 saturated heterocycles. The Morgan fingerprint density at radius 1 is 1.09 bits per heavy atom. The van der Waals surface area contributed by atoms with Crippen LogP contribution in [0.25, 0.3) is 11.4 Å². The number of carbonyl (C=O) groups excluding carboxylic acids is 1. The van der Waals surface area contributed by atoms with E-state index in [0.717, 1.165) is 41.9 Å². The minimum atomic E-state index is -4.21. The van der Waals surface area contributed by atoms with E-state index in [1.165, 1.54) is 0 Å². The smallest absolute Gasteiger partial charge is 0.348 e. The largest absolute Gasteiger partial charge is 0.392 e. The quantitative estimate of drug-likeness (QED) is 0.582. The van der Waals surface area contributed by atoms with Gasteiger partial charge >= 0.3 is 6.18 Å². The van der Waals surface area contributed by atoms with E-state index in [-0.39, 0.29) is 25.3 Å². The van der Waals surface area contributed by atoms with Gasteiger partial charge in [-0.2, -0.15) is 23.4 Å². The van der Waals surface area contributed by atoms with Gasteiger partial charge in [-0.25, -0.2) is 9.67 Å². The van der Waals surface area contributed by atoms with E-state index < -0.39 is 12.1 Å². The molecule has 4 heterocycles. The van der Waals surface area contributed by atoms with Crippen molar-refractivity contribution in [2.45, 2.75) is 71.8 Å². The summed E-state index contributed by atoms with van der Waals surface area (Å²) in [4.78, 5) is 17.4. The summed E-state index contributed by atoms with van der Waals surface area (Å²) in [5.41, 5.74) is 4.22. The van der Waals surface area contributed by atoms with E-state index in [2.05, 4.69) is 27.4 Å². The molecule has 0 bridgehead atoms. The van der Waals surface area contributed by atoms with Crippen LogP contribution in [0.2, 0.25) is 0 Å². The third-order valence-corrected chi connectivity index (χ3v) is 7.06. The molecule has 0 saturated carbocycles. The number of carbonyl (C=O) groups is 1. The highest BCUT2D eigenvalue weighted by molar-refractivity contribution is 5.96. The van der Waals surface area contributed by atoms with Crippen LogP contribution in [0.15, 0.2) is 24.3 Å². The van der Waals surface area contributed by atoms with E-state index in [0.29, 0.717) is 36.1 Å². The van der Waals surface area contributed by atoms with E-state index in [1.54, 1.807) is 4.68 Å². The molecule has 0 radical (unpaired) electrons. The molecule has 0 aliphatic carbocycles.